The predicted molar refractivity (Wildman–Crippen MR) is 64.4 cm³/mol. The van der Waals surface area contributed by atoms with Gasteiger partial charge in [-0.3, -0.25) is 0 Å². The Morgan fingerprint density at radius 1 is 1.38 bits per heavy atom. The summed E-state index contributed by atoms with van der Waals surface area (Å²) in [4.78, 5) is 0. The number of furan rings is 1. The summed E-state index contributed by atoms with van der Waals surface area (Å²) in [6, 6.07) is 3.51. The van der Waals surface area contributed by atoms with Crippen molar-refractivity contribution < 1.29 is 4.42 Å². The van der Waals surface area contributed by atoms with Crippen LogP contribution in [0.2, 0.25) is 0 Å². The highest BCUT2D eigenvalue weighted by atomic mass is 16.3. The van der Waals surface area contributed by atoms with E-state index in [0.717, 1.165) is 18.2 Å². The van der Waals surface area contributed by atoms with Crippen molar-refractivity contribution in [3.05, 3.63) is 23.2 Å². The molecule has 2 nitrogen and oxygen atoms in total. The molecule has 1 fully saturated rings. The highest BCUT2D eigenvalue weighted by Gasteiger charge is 2.37. The van der Waals surface area contributed by atoms with E-state index in [-0.39, 0.29) is 0 Å². The number of aryl methyl sites for hydroxylation is 1. The summed E-state index contributed by atoms with van der Waals surface area (Å²) in [5, 5.41) is 3.76. The first kappa shape index (κ1) is 10.4. The average Bonchev–Trinajstić information content (AvgIpc) is 2.87. The smallest absolute Gasteiger partial charge is 0.109 e. The highest BCUT2D eigenvalue weighted by Crippen LogP contribution is 2.43. The molecule has 16 heavy (non-hydrogen) atoms. The molecule has 1 aromatic rings. The minimum absolute atomic E-state index is 0.365. The number of fused-ring (bicyclic) bond motifs is 1. The molecule has 1 atom stereocenters. The summed E-state index contributed by atoms with van der Waals surface area (Å²) in [6.45, 7) is 6.74. The molecule has 2 heteroatoms. The molecule has 0 saturated heterocycles. The van der Waals surface area contributed by atoms with Crippen molar-refractivity contribution in [2.75, 3.05) is 0 Å². The fourth-order valence-corrected chi connectivity index (χ4v) is 2.87. The van der Waals surface area contributed by atoms with Crippen LogP contribution in [0.15, 0.2) is 10.5 Å². The van der Waals surface area contributed by atoms with Crippen molar-refractivity contribution in [3.63, 3.8) is 0 Å². The van der Waals surface area contributed by atoms with Crippen molar-refractivity contribution in [1.82, 2.24) is 5.32 Å². The van der Waals surface area contributed by atoms with Crippen LogP contribution in [0.1, 0.15) is 56.2 Å². The summed E-state index contributed by atoms with van der Waals surface area (Å²) < 4.78 is 5.83. The molecule has 1 heterocycles. The molecule has 88 valence electrons. The Balaban J connectivity index is 1.91. The lowest BCUT2D eigenvalue weighted by Gasteiger charge is -2.34. The van der Waals surface area contributed by atoms with Gasteiger partial charge in [0, 0.05) is 24.1 Å². The lowest BCUT2D eigenvalue weighted by molar-refractivity contribution is 0.233. The predicted octanol–water partition coefficient (Wildman–Crippen LogP) is 3.35. The van der Waals surface area contributed by atoms with Crippen LogP contribution < -0.4 is 5.32 Å². The maximum Gasteiger partial charge on any atom is 0.109 e. The SMILES string of the molecule is Cc1cc2c(o1)CC(C)(C)CC2NC1CC1. The quantitative estimate of drug-likeness (QED) is 0.825. The Labute approximate surface area is 97.4 Å². The molecule has 1 unspecified atom stereocenters. The standard InChI is InChI=1S/C14H21NO/c1-9-6-11-12(15-10-4-5-10)7-14(2,3)8-13(11)16-9/h6,10,12,15H,4-5,7-8H2,1-3H3. The van der Waals surface area contributed by atoms with Gasteiger partial charge in [0.2, 0.25) is 0 Å². The molecule has 0 radical (unpaired) electrons. The lowest BCUT2D eigenvalue weighted by Crippen LogP contribution is -2.33. The van der Waals surface area contributed by atoms with Gasteiger partial charge >= 0.3 is 0 Å². The molecular formula is C14H21NO. The second kappa shape index (κ2) is 3.36. The fourth-order valence-electron chi connectivity index (χ4n) is 2.87. The third-order valence-electron chi connectivity index (χ3n) is 3.75. The Kier molecular flexibility index (Phi) is 2.19. The van der Waals surface area contributed by atoms with Gasteiger partial charge in [0.1, 0.15) is 11.5 Å². The number of rotatable bonds is 2. The van der Waals surface area contributed by atoms with Crippen LogP contribution in [0.4, 0.5) is 0 Å². The largest absolute Gasteiger partial charge is 0.466 e. The van der Waals surface area contributed by atoms with Crippen molar-refractivity contribution in [1.29, 1.82) is 0 Å². The third kappa shape index (κ3) is 1.91. The monoisotopic (exact) mass is 219 g/mol. The van der Waals surface area contributed by atoms with E-state index in [9.17, 15) is 0 Å². The lowest BCUT2D eigenvalue weighted by atomic mass is 9.74. The van der Waals surface area contributed by atoms with Gasteiger partial charge in [-0.15, -0.1) is 0 Å². The summed E-state index contributed by atoms with van der Waals surface area (Å²) in [6.07, 6.45) is 5.01. The van der Waals surface area contributed by atoms with E-state index in [0.29, 0.717) is 11.5 Å². The zero-order valence-corrected chi connectivity index (χ0v) is 10.5. The van der Waals surface area contributed by atoms with Gasteiger partial charge in [-0.05, 0) is 37.7 Å². The number of hydrogen-bond donors (Lipinski definition) is 1. The van der Waals surface area contributed by atoms with Gasteiger partial charge in [0.05, 0.1) is 0 Å². The van der Waals surface area contributed by atoms with Crippen molar-refractivity contribution in [2.24, 2.45) is 5.41 Å². The first-order chi connectivity index (χ1) is 7.53. The molecule has 0 bridgehead atoms. The summed E-state index contributed by atoms with van der Waals surface area (Å²) >= 11 is 0. The minimum Gasteiger partial charge on any atom is -0.466 e. The first-order valence-electron chi connectivity index (χ1n) is 6.39. The molecule has 2 aliphatic carbocycles. The molecule has 0 aromatic carbocycles. The van der Waals surface area contributed by atoms with Crippen LogP contribution in [0, 0.1) is 12.3 Å². The molecule has 0 spiro atoms. The van der Waals surface area contributed by atoms with Gasteiger partial charge in [0.25, 0.3) is 0 Å². The Hall–Kier alpha value is -0.760. The maximum absolute atomic E-state index is 5.83. The van der Waals surface area contributed by atoms with Crippen LogP contribution in [0.25, 0.3) is 0 Å². The second-order valence-corrected chi connectivity index (χ2v) is 6.27. The van der Waals surface area contributed by atoms with E-state index < -0.39 is 0 Å². The normalized spacial score (nSPS) is 27.8. The van der Waals surface area contributed by atoms with E-state index in [2.05, 4.69) is 32.2 Å². The Bertz CT molecular complexity index is 401. The zero-order valence-electron chi connectivity index (χ0n) is 10.5. The molecular weight excluding hydrogens is 198 g/mol. The van der Waals surface area contributed by atoms with E-state index in [4.69, 9.17) is 4.42 Å². The van der Waals surface area contributed by atoms with Gasteiger partial charge in [-0.25, -0.2) is 0 Å². The number of nitrogens with one attached hydrogen (secondary N) is 1. The van der Waals surface area contributed by atoms with Crippen molar-refractivity contribution in [3.8, 4) is 0 Å². The van der Waals surface area contributed by atoms with Gasteiger partial charge in [-0.1, -0.05) is 13.8 Å². The zero-order chi connectivity index (χ0) is 11.3. The second-order valence-electron chi connectivity index (χ2n) is 6.27. The van der Waals surface area contributed by atoms with Crippen LogP contribution in [0.5, 0.6) is 0 Å². The van der Waals surface area contributed by atoms with Crippen LogP contribution in [-0.2, 0) is 6.42 Å². The molecule has 0 amide bonds. The average molecular weight is 219 g/mol. The molecule has 1 N–H and O–H groups in total. The fraction of sp³-hybridized carbons (Fsp3) is 0.714. The molecule has 1 aromatic heterocycles. The van der Waals surface area contributed by atoms with Crippen molar-refractivity contribution in [2.45, 2.75) is 58.5 Å². The van der Waals surface area contributed by atoms with Gasteiger partial charge in [0.15, 0.2) is 0 Å². The molecule has 3 rings (SSSR count). The van der Waals surface area contributed by atoms with E-state index >= 15 is 0 Å². The topological polar surface area (TPSA) is 25.2 Å². The van der Waals surface area contributed by atoms with Gasteiger partial charge < -0.3 is 9.73 Å². The molecule has 1 saturated carbocycles. The molecule has 2 aliphatic rings. The van der Waals surface area contributed by atoms with Crippen LogP contribution in [0.3, 0.4) is 0 Å². The Morgan fingerprint density at radius 3 is 2.81 bits per heavy atom. The Morgan fingerprint density at radius 2 is 2.12 bits per heavy atom. The summed E-state index contributed by atoms with van der Waals surface area (Å²) in [5.74, 6) is 2.28. The first-order valence-corrected chi connectivity index (χ1v) is 6.39. The molecule has 0 aliphatic heterocycles. The maximum atomic E-state index is 5.83. The highest BCUT2D eigenvalue weighted by molar-refractivity contribution is 5.29. The van der Waals surface area contributed by atoms with E-state index in [1.165, 1.54) is 30.6 Å². The number of hydrogen-bond acceptors (Lipinski definition) is 2. The van der Waals surface area contributed by atoms with Crippen LogP contribution >= 0.6 is 0 Å². The van der Waals surface area contributed by atoms with Crippen molar-refractivity contribution >= 4 is 0 Å². The minimum atomic E-state index is 0.365. The third-order valence-corrected chi connectivity index (χ3v) is 3.75. The summed E-state index contributed by atoms with van der Waals surface area (Å²) in [5.41, 5.74) is 1.79. The van der Waals surface area contributed by atoms with Gasteiger partial charge in [-0.2, -0.15) is 0 Å². The van der Waals surface area contributed by atoms with E-state index in [1.54, 1.807) is 0 Å². The van der Waals surface area contributed by atoms with Crippen LogP contribution in [-0.4, -0.2) is 6.04 Å². The summed E-state index contributed by atoms with van der Waals surface area (Å²) in [7, 11) is 0. The van der Waals surface area contributed by atoms with E-state index in [1.807, 2.05) is 0 Å².